The first kappa shape index (κ1) is 17.9. The molecule has 0 bridgehead atoms. The molecule has 8 heteroatoms. The van der Waals surface area contributed by atoms with Gasteiger partial charge in [0.2, 0.25) is 0 Å². The molecule has 2 aromatic rings. The lowest BCUT2D eigenvalue weighted by Gasteiger charge is -2.47. The molecule has 2 aliphatic heterocycles. The van der Waals surface area contributed by atoms with Gasteiger partial charge in [0.25, 0.3) is 5.91 Å². The Labute approximate surface area is 159 Å². The molecule has 0 aromatic carbocycles. The van der Waals surface area contributed by atoms with Crippen LogP contribution >= 0.6 is 0 Å². The normalized spacial score (nSPS) is 19.5. The third kappa shape index (κ3) is 3.41. The van der Waals surface area contributed by atoms with Crippen LogP contribution in [-0.2, 0) is 11.8 Å². The smallest absolute Gasteiger partial charge is 0.272 e. The molecule has 2 aromatic heterocycles. The fourth-order valence-electron chi connectivity index (χ4n) is 4.00. The fraction of sp³-hybridized carbons (Fsp3) is 0.579. The minimum Gasteiger partial charge on any atom is -0.371 e. The number of piperidine rings is 1. The van der Waals surface area contributed by atoms with E-state index < -0.39 is 0 Å². The molecule has 8 nitrogen and oxygen atoms in total. The summed E-state index contributed by atoms with van der Waals surface area (Å²) in [5, 5.41) is 0. The highest BCUT2D eigenvalue weighted by Gasteiger charge is 2.41. The van der Waals surface area contributed by atoms with Crippen molar-refractivity contribution in [1.82, 2.24) is 24.4 Å². The first-order valence-electron chi connectivity index (χ1n) is 9.42. The van der Waals surface area contributed by atoms with E-state index >= 15 is 0 Å². The Morgan fingerprint density at radius 3 is 2.67 bits per heavy atom. The zero-order valence-corrected chi connectivity index (χ0v) is 16.2. The molecule has 4 heterocycles. The predicted octanol–water partition coefficient (Wildman–Crippen LogP) is 1.34. The zero-order valence-electron chi connectivity index (χ0n) is 16.2. The van der Waals surface area contributed by atoms with Gasteiger partial charge in [0.05, 0.1) is 42.7 Å². The Morgan fingerprint density at radius 1 is 1.19 bits per heavy atom. The molecule has 1 spiro atoms. The average Bonchev–Trinajstić information content (AvgIpc) is 3.10. The first-order valence-corrected chi connectivity index (χ1v) is 9.42. The van der Waals surface area contributed by atoms with Crippen molar-refractivity contribution < 1.29 is 9.53 Å². The zero-order chi connectivity index (χ0) is 19.0. The van der Waals surface area contributed by atoms with Crippen LogP contribution in [0.25, 0.3) is 0 Å². The summed E-state index contributed by atoms with van der Waals surface area (Å²) in [5.41, 5.74) is 2.23. The number of imidazole rings is 1. The Hall–Kier alpha value is -2.48. The molecule has 0 saturated carbocycles. The highest BCUT2D eigenvalue weighted by Crippen LogP contribution is 2.32. The number of hydrogen-bond donors (Lipinski definition) is 0. The van der Waals surface area contributed by atoms with Gasteiger partial charge in [-0.1, -0.05) is 0 Å². The van der Waals surface area contributed by atoms with Crippen LogP contribution < -0.4 is 4.90 Å². The summed E-state index contributed by atoms with van der Waals surface area (Å²) in [6.45, 7) is 7.50. The van der Waals surface area contributed by atoms with Crippen molar-refractivity contribution in [3.8, 4) is 0 Å². The molecule has 0 aliphatic carbocycles. The van der Waals surface area contributed by atoms with E-state index in [0.717, 1.165) is 43.1 Å². The standard InChI is InChI=1S/C19H26N6O2/c1-14-10-21-15(2)17(22-14)24-6-4-19(5-7-24)12-25(8-9-27-19)18(26)16-11-20-13-23(16)3/h10-11,13H,4-9,12H2,1-3H3. The summed E-state index contributed by atoms with van der Waals surface area (Å²) < 4.78 is 7.96. The van der Waals surface area contributed by atoms with E-state index in [2.05, 4.69) is 19.9 Å². The van der Waals surface area contributed by atoms with Crippen molar-refractivity contribution in [2.45, 2.75) is 32.3 Å². The Kier molecular flexibility index (Phi) is 4.59. The van der Waals surface area contributed by atoms with E-state index in [4.69, 9.17) is 4.74 Å². The lowest BCUT2D eigenvalue weighted by atomic mass is 9.89. The summed E-state index contributed by atoms with van der Waals surface area (Å²) in [6, 6.07) is 0. The fourth-order valence-corrected chi connectivity index (χ4v) is 4.00. The van der Waals surface area contributed by atoms with Crippen LogP contribution in [0, 0.1) is 13.8 Å². The number of anilines is 1. The Balaban J connectivity index is 1.45. The molecule has 0 N–H and O–H groups in total. The van der Waals surface area contributed by atoms with Crippen LogP contribution in [0.1, 0.15) is 34.7 Å². The maximum absolute atomic E-state index is 12.9. The van der Waals surface area contributed by atoms with E-state index in [-0.39, 0.29) is 11.5 Å². The molecule has 2 fully saturated rings. The molecule has 0 atom stereocenters. The largest absolute Gasteiger partial charge is 0.371 e. The lowest BCUT2D eigenvalue weighted by molar-refractivity contribution is -0.111. The van der Waals surface area contributed by atoms with Crippen molar-refractivity contribution in [1.29, 1.82) is 0 Å². The van der Waals surface area contributed by atoms with Gasteiger partial charge < -0.3 is 19.1 Å². The third-order valence-corrected chi connectivity index (χ3v) is 5.60. The number of amides is 1. The van der Waals surface area contributed by atoms with Gasteiger partial charge in [-0.2, -0.15) is 0 Å². The molecular weight excluding hydrogens is 344 g/mol. The number of aromatic nitrogens is 4. The molecule has 0 radical (unpaired) electrons. The number of carbonyl (C=O) groups is 1. The van der Waals surface area contributed by atoms with E-state index in [1.54, 1.807) is 23.3 Å². The summed E-state index contributed by atoms with van der Waals surface area (Å²) >= 11 is 0. The van der Waals surface area contributed by atoms with Gasteiger partial charge in [0.15, 0.2) is 0 Å². The molecule has 2 saturated heterocycles. The van der Waals surface area contributed by atoms with Gasteiger partial charge in [-0.25, -0.2) is 9.97 Å². The van der Waals surface area contributed by atoms with Crippen LogP contribution in [-0.4, -0.2) is 68.7 Å². The SMILES string of the molecule is Cc1cnc(C)c(N2CCC3(CC2)CN(C(=O)c2cncn2C)CCO3)n1. The van der Waals surface area contributed by atoms with Crippen molar-refractivity contribution in [3.05, 3.63) is 35.8 Å². The highest BCUT2D eigenvalue weighted by atomic mass is 16.5. The maximum atomic E-state index is 12.9. The number of rotatable bonds is 2. The second-order valence-electron chi connectivity index (χ2n) is 7.56. The summed E-state index contributed by atoms with van der Waals surface area (Å²) in [7, 11) is 1.85. The van der Waals surface area contributed by atoms with Crippen LogP contribution in [0.2, 0.25) is 0 Å². The van der Waals surface area contributed by atoms with Crippen LogP contribution in [0.3, 0.4) is 0 Å². The Morgan fingerprint density at radius 2 is 1.96 bits per heavy atom. The van der Waals surface area contributed by atoms with Gasteiger partial charge in [-0.15, -0.1) is 0 Å². The molecule has 4 rings (SSSR count). The second-order valence-corrected chi connectivity index (χ2v) is 7.56. The van der Waals surface area contributed by atoms with E-state index in [1.807, 2.05) is 25.8 Å². The summed E-state index contributed by atoms with van der Waals surface area (Å²) in [5.74, 6) is 0.990. The summed E-state index contributed by atoms with van der Waals surface area (Å²) in [4.78, 5) is 30.2. The molecule has 2 aliphatic rings. The molecule has 144 valence electrons. The van der Waals surface area contributed by atoms with Crippen molar-refractivity contribution >= 4 is 11.7 Å². The van der Waals surface area contributed by atoms with Crippen molar-refractivity contribution in [3.63, 3.8) is 0 Å². The van der Waals surface area contributed by atoms with Gasteiger partial charge in [0, 0.05) is 32.9 Å². The monoisotopic (exact) mass is 370 g/mol. The van der Waals surface area contributed by atoms with Gasteiger partial charge in [0.1, 0.15) is 11.5 Å². The molecule has 0 unspecified atom stereocenters. The second kappa shape index (κ2) is 6.92. The molecule has 27 heavy (non-hydrogen) atoms. The van der Waals surface area contributed by atoms with Gasteiger partial charge in [-0.05, 0) is 26.7 Å². The van der Waals surface area contributed by atoms with Crippen LogP contribution in [0.15, 0.2) is 18.7 Å². The van der Waals surface area contributed by atoms with E-state index in [9.17, 15) is 4.79 Å². The van der Waals surface area contributed by atoms with E-state index in [1.165, 1.54) is 0 Å². The first-order chi connectivity index (χ1) is 13.0. The van der Waals surface area contributed by atoms with Crippen molar-refractivity contribution in [2.75, 3.05) is 37.7 Å². The predicted molar refractivity (Wildman–Crippen MR) is 101 cm³/mol. The number of ether oxygens (including phenoxy) is 1. The maximum Gasteiger partial charge on any atom is 0.272 e. The molecular formula is C19H26N6O2. The van der Waals surface area contributed by atoms with Crippen molar-refractivity contribution in [2.24, 2.45) is 7.05 Å². The lowest BCUT2D eigenvalue weighted by Crippen LogP contribution is -2.58. The number of hydrogen-bond acceptors (Lipinski definition) is 6. The number of carbonyl (C=O) groups excluding carboxylic acids is 1. The number of aryl methyl sites for hydroxylation is 3. The third-order valence-electron chi connectivity index (χ3n) is 5.60. The summed E-state index contributed by atoms with van der Waals surface area (Å²) in [6.07, 6.45) is 6.84. The Bertz CT molecular complexity index is 840. The van der Waals surface area contributed by atoms with E-state index in [0.29, 0.717) is 25.4 Å². The van der Waals surface area contributed by atoms with Crippen LogP contribution in [0.4, 0.5) is 5.82 Å². The van der Waals surface area contributed by atoms with Gasteiger partial charge >= 0.3 is 0 Å². The topological polar surface area (TPSA) is 76.4 Å². The minimum atomic E-state index is -0.270. The van der Waals surface area contributed by atoms with Crippen LogP contribution in [0.5, 0.6) is 0 Å². The number of morpholine rings is 1. The van der Waals surface area contributed by atoms with Gasteiger partial charge in [-0.3, -0.25) is 9.78 Å². The quantitative estimate of drug-likeness (QED) is 0.794. The minimum absolute atomic E-state index is 0.0282. The molecule has 1 amide bonds. The number of nitrogens with zero attached hydrogens (tertiary/aromatic N) is 6. The highest BCUT2D eigenvalue weighted by molar-refractivity contribution is 5.92. The average molecular weight is 370 g/mol.